The van der Waals surface area contributed by atoms with Gasteiger partial charge in [0.15, 0.2) is 0 Å². The van der Waals surface area contributed by atoms with Gasteiger partial charge in [-0.1, -0.05) is 12.8 Å². The van der Waals surface area contributed by atoms with Crippen LogP contribution in [0.5, 0.6) is 5.75 Å². The normalized spacial score (nSPS) is 12.5. The molecule has 0 aliphatic carbocycles. The van der Waals surface area contributed by atoms with E-state index in [0.29, 0.717) is 44.6 Å². The van der Waals surface area contributed by atoms with Crippen LogP contribution in [-0.4, -0.2) is 56.1 Å². The zero-order valence-electron chi connectivity index (χ0n) is 17.2. The largest absolute Gasteiger partial charge is 0.489 e. The minimum absolute atomic E-state index is 0.0477. The third-order valence-corrected chi connectivity index (χ3v) is 5.68. The maximum atomic E-state index is 12.0. The molecule has 1 aromatic rings. The number of esters is 1. The van der Waals surface area contributed by atoms with Crippen LogP contribution in [0.1, 0.15) is 58.3 Å². The van der Waals surface area contributed by atoms with Crippen molar-refractivity contribution in [3.63, 3.8) is 0 Å². The van der Waals surface area contributed by atoms with Gasteiger partial charge >= 0.3 is 5.97 Å². The molecule has 8 nitrogen and oxygen atoms in total. The Morgan fingerprint density at radius 1 is 1.21 bits per heavy atom. The molecule has 0 saturated carbocycles. The quantitative estimate of drug-likeness (QED) is 0.288. The number of hydrogen-bond acceptors (Lipinski definition) is 7. The number of hydrogen-bond donors (Lipinski definition) is 2. The third kappa shape index (κ3) is 14.0. The van der Waals surface area contributed by atoms with Gasteiger partial charge in [0.25, 0.3) is 0 Å². The number of unbranched alkanes of at least 4 members (excludes halogenated alkanes) is 4. The molecule has 1 rings (SSSR count). The Bertz CT molecular complexity index is 654. The van der Waals surface area contributed by atoms with Crippen LogP contribution in [0.2, 0.25) is 0 Å². The highest BCUT2D eigenvalue weighted by atomic mass is 32.2. The van der Waals surface area contributed by atoms with E-state index in [9.17, 15) is 18.3 Å². The Morgan fingerprint density at radius 2 is 2.00 bits per heavy atom. The Hall–Kier alpha value is -1.71. The van der Waals surface area contributed by atoms with Crippen molar-refractivity contribution in [2.24, 2.45) is 0 Å². The molecule has 1 aromatic heterocycles. The first-order chi connectivity index (χ1) is 13.9. The van der Waals surface area contributed by atoms with Crippen molar-refractivity contribution in [3.8, 4) is 5.75 Å². The van der Waals surface area contributed by atoms with Gasteiger partial charge in [-0.15, -0.1) is 0 Å². The lowest BCUT2D eigenvalue weighted by molar-refractivity contribution is -0.143. The highest BCUT2D eigenvalue weighted by molar-refractivity contribution is 7.89. The number of nitrogens with one attached hydrogen (secondary N) is 1. The molecule has 0 fully saturated rings. The summed E-state index contributed by atoms with van der Waals surface area (Å²) in [5.41, 5.74) is 0. The molecule has 1 unspecified atom stereocenters. The van der Waals surface area contributed by atoms with Crippen LogP contribution >= 0.6 is 0 Å². The first-order valence-electron chi connectivity index (χ1n) is 10.3. The zero-order chi connectivity index (χ0) is 21.4. The minimum Gasteiger partial charge on any atom is -0.489 e. The molecule has 0 aromatic carbocycles. The molecule has 0 radical (unpaired) electrons. The lowest BCUT2D eigenvalue weighted by Crippen LogP contribution is -2.27. The summed E-state index contributed by atoms with van der Waals surface area (Å²) >= 11 is 0. The van der Waals surface area contributed by atoms with Gasteiger partial charge in [-0.3, -0.25) is 9.78 Å². The van der Waals surface area contributed by atoms with Crippen molar-refractivity contribution < 1.29 is 27.8 Å². The maximum Gasteiger partial charge on any atom is 0.305 e. The van der Waals surface area contributed by atoms with E-state index in [1.807, 2.05) is 0 Å². The number of rotatable bonds is 17. The molecule has 0 bridgehead atoms. The number of pyridine rings is 1. The Labute approximate surface area is 174 Å². The summed E-state index contributed by atoms with van der Waals surface area (Å²) in [6.07, 6.45) is 7.81. The van der Waals surface area contributed by atoms with E-state index in [1.165, 1.54) is 0 Å². The minimum atomic E-state index is -3.29. The van der Waals surface area contributed by atoms with E-state index >= 15 is 0 Å². The van der Waals surface area contributed by atoms with Crippen molar-refractivity contribution >= 4 is 16.0 Å². The van der Waals surface area contributed by atoms with Crippen molar-refractivity contribution in [2.45, 2.75) is 64.4 Å². The maximum absolute atomic E-state index is 12.0. The van der Waals surface area contributed by atoms with Crippen molar-refractivity contribution in [1.29, 1.82) is 0 Å². The Morgan fingerprint density at radius 3 is 2.72 bits per heavy atom. The van der Waals surface area contributed by atoms with Gasteiger partial charge < -0.3 is 14.6 Å². The SMILES string of the molecule is CCOC(=O)CCCCCCNS(=O)(=O)CCCCC(O)COc1cccnc1. The molecular formula is C20H34N2O6S. The van der Waals surface area contributed by atoms with Crippen LogP contribution in [0.4, 0.5) is 0 Å². The van der Waals surface area contributed by atoms with Crippen LogP contribution in [0.3, 0.4) is 0 Å². The molecule has 0 aliphatic rings. The van der Waals surface area contributed by atoms with E-state index in [0.717, 1.165) is 25.7 Å². The molecule has 1 atom stereocenters. The van der Waals surface area contributed by atoms with Gasteiger partial charge in [0.05, 0.1) is 24.7 Å². The molecule has 2 N–H and O–H groups in total. The van der Waals surface area contributed by atoms with Crippen molar-refractivity contribution in [3.05, 3.63) is 24.5 Å². The monoisotopic (exact) mass is 430 g/mol. The topological polar surface area (TPSA) is 115 Å². The standard InChI is InChI=1S/C20H34N2O6S/c1-2-27-20(24)12-5-3-4-7-14-22-29(25,26)15-8-6-10-18(23)17-28-19-11-9-13-21-16-19/h9,11,13,16,18,22-23H,2-8,10,12,14-15,17H2,1H3. The van der Waals surface area contributed by atoms with Gasteiger partial charge in [0.2, 0.25) is 10.0 Å². The van der Waals surface area contributed by atoms with Crippen LogP contribution in [0, 0.1) is 0 Å². The summed E-state index contributed by atoms with van der Waals surface area (Å²) in [4.78, 5) is 15.1. The van der Waals surface area contributed by atoms with E-state index in [4.69, 9.17) is 9.47 Å². The van der Waals surface area contributed by atoms with Gasteiger partial charge in [0.1, 0.15) is 12.4 Å². The highest BCUT2D eigenvalue weighted by Crippen LogP contribution is 2.09. The van der Waals surface area contributed by atoms with E-state index in [-0.39, 0.29) is 18.3 Å². The molecular weight excluding hydrogens is 396 g/mol. The number of ether oxygens (including phenoxy) is 2. The third-order valence-electron chi connectivity index (χ3n) is 4.21. The van der Waals surface area contributed by atoms with E-state index in [1.54, 1.807) is 31.5 Å². The summed E-state index contributed by atoms with van der Waals surface area (Å²) in [6.45, 7) is 2.75. The average Bonchev–Trinajstić information content (AvgIpc) is 2.70. The highest BCUT2D eigenvalue weighted by Gasteiger charge is 2.11. The lowest BCUT2D eigenvalue weighted by Gasteiger charge is -2.12. The number of aliphatic hydroxyl groups is 1. The van der Waals surface area contributed by atoms with Gasteiger partial charge in [-0.25, -0.2) is 13.1 Å². The van der Waals surface area contributed by atoms with Crippen molar-refractivity contribution in [2.75, 3.05) is 25.5 Å². The van der Waals surface area contributed by atoms with Gasteiger partial charge in [-0.05, 0) is 51.2 Å². The molecule has 1 heterocycles. The molecule has 0 saturated heterocycles. The molecule has 166 valence electrons. The smallest absolute Gasteiger partial charge is 0.305 e. The van der Waals surface area contributed by atoms with Gasteiger partial charge in [0, 0.05) is 19.2 Å². The zero-order valence-corrected chi connectivity index (χ0v) is 18.0. The van der Waals surface area contributed by atoms with E-state index in [2.05, 4.69) is 9.71 Å². The second-order valence-corrected chi connectivity index (χ2v) is 8.76. The average molecular weight is 431 g/mol. The summed E-state index contributed by atoms with van der Waals surface area (Å²) in [7, 11) is -3.29. The number of carbonyl (C=O) groups excluding carboxylic acids is 1. The van der Waals surface area contributed by atoms with Crippen molar-refractivity contribution in [1.82, 2.24) is 9.71 Å². The Balaban J connectivity index is 2.00. The fourth-order valence-electron chi connectivity index (χ4n) is 2.66. The summed E-state index contributed by atoms with van der Waals surface area (Å²) in [5.74, 6) is 0.465. The van der Waals surface area contributed by atoms with Crippen LogP contribution in [0.15, 0.2) is 24.5 Å². The van der Waals surface area contributed by atoms with Crippen LogP contribution in [-0.2, 0) is 19.6 Å². The Kier molecular flexibility index (Phi) is 13.3. The fourth-order valence-corrected chi connectivity index (χ4v) is 3.84. The summed E-state index contributed by atoms with van der Waals surface area (Å²) < 4.78 is 36.8. The predicted octanol–water partition coefficient (Wildman–Crippen LogP) is 2.42. The summed E-state index contributed by atoms with van der Waals surface area (Å²) in [6, 6.07) is 3.52. The number of sulfonamides is 1. The number of aliphatic hydroxyl groups excluding tert-OH is 1. The molecule has 0 amide bonds. The van der Waals surface area contributed by atoms with Crippen LogP contribution in [0.25, 0.3) is 0 Å². The van der Waals surface area contributed by atoms with E-state index < -0.39 is 16.1 Å². The molecule has 0 aliphatic heterocycles. The predicted molar refractivity (Wildman–Crippen MR) is 111 cm³/mol. The van der Waals surface area contributed by atoms with Gasteiger partial charge in [-0.2, -0.15) is 0 Å². The molecule has 29 heavy (non-hydrogen) atoms. The fraction of sp³-hybridized carbons (Fsp3) is 0.700. The van der Waals surface area contributed by atoms with Crippen LogP contribution < -0.4 is 9.46 Å². The molecule has 0 spiro atoms. The molecule has 9 heteroatoms. The summed E-state index contributed by atoms with van der Waals surface area (Å²) in [5, 5.41) is 9.91. The number of nitrogens with zero attached hydrogens (tertiary/aromatic N) is 1. The first kappa shape index (κ1) is 25.3. The first-order valence-corrected chi connectivity index (χ1v) is 11.9. The number of carbonyl (C=O) groups is 1. The lowest BCUT2D eigenvalue weighted by atomic mass is 10.1. The number of aromatic nitrogens is 1. The second kappa shape index (κ2) is 15.2. The second-order valence-electron chi connectivity index (χ2n) is 6.83.